The summed E-state index contributed by atoms with van der Waals surface area (Å²) >= 11 is 1.29. The summed E-state index contributed by atoms with van der Waals surface area (Å²) in [5.74, 6) is -1.01. The summed E-state index contributed by atoms with van der Waals surface area (Å²) in [6.07, 6.45) is 3.65. The van der Waals surface area contributed by atoms with Gasteiger partial charge in [0.2, 0.25) is 5.91 Å². The molecule has 4 atom stereocenters. The molecule has 0 aliphatic heterocycles. The number of carbonyl (C=O) groups excluding carboxylic acids is 4. The van der Waals surface area contributed by atoms with Crippen LogP contribution in [0.25, 0.3) is 0 Å². The summed E-state index contributed by atoms with van der Waals surface area (Å²) in [6, 6.07) is -0.268. The fourth-order valence-corrected chi connectivity index (χ4v) is 7.51. The van der Waals surface area contributed by atoms with E-state index in [2.05, 4.69) is 17.2 Å². The predicted molar refractivity (Wildman–Crippen MR) is 156 cm³/mol. The van der Waals surface area contributed by atoms with E-state index >= 15 is 0 Å². The quantitative estimate of drug-likeness (QED) is 0.307. The summed E-state index contributed by atoms with van der Waals surface area (Å²) < 4.78 is 5.71. The number of rotatable bonds is 15. The summed E-state index contributed by atoms with van der Waals surface area (Å²) in [4.78, 5) is 59.6. The molecule has 2 amide bonds. The number of nitrogens with one attached hydrogen (secondary N) is 1. The summed E-state index contributed by atoms with van der Waals surface area (Å²) in [6.45, 7) is 12.0. The zero-order valence-electron chi connectivity index (χ0n) is 25.7. The topological polar surface area (TPSA) is 109 Å². The Kier molecular flexibility index (Phi) is 10.2. The van der Waals surface area contributed by atoms with Crippen LogP contribution in [-0.4, -0.2) is 77.6 Å². The Hall–Kier alpha value is -2.33. The highest BCUT2D eigenvalue weighted by atomic mass is 32.1. The average molecular weight is 577 g/mol. The largest absolute Gasteiger partial charge is 0.455 e. The number of hydrogen-bond acceptors (Lipinski definition) is 8. The Bertz CT molecular complexity index is 1080. The van der Waals surface area contributed by atoms with Gasteiger partial charge in [-0.15, -0.1) is 11.3 Å². The molecule has 3 aliphatic rings. The highest BCUT2D eigenvalue weighted by Gasteiger charge is 2.65. The summed E-state index contributed by atoms with van der Waals surface area (Å²) in [5, 5.41) is 5.40. The molecule has 3 saturated carbocycles. The molecule has 0 unspecified atom stereocenters. The fraction of sp³-hybridized carbons (Fsp3) is 0.767. The van der Waals surface area contributed by atoms with E-state index in [4.69, 9.17) is 4.74 Å². The van der Waals surface area contributed by atoms with E-state index in [-0.39, 0.29) is 47.4 Å². The number of nitrogens with zero attached hydrogens (tertiary/aromatic N) is 3. The van der Waals surface area contributed by atoms with Gasteiger partial charge < -0.3 is 19.9 Å². The van der Waals surface area contributed by atoms with E-state index in [0.717, 1.165) is 25.7 Å². The van der Waals surface area contributed by atoms with Gasteiger partial charge in [0.25, 0.3) is 5.91 Å². The van der Waals surface area contributed by atoms with Crippen LogP contribution in [0.3, 0.4) is 0 Å². The number of likely N-dealkylation sites (N-methyl/N-ethyl adjacent to an activating group) is 1. The Morgan fingerprint density at radius 3 is 2.25 bits per heavy atom. The van der Waals surface area contributed by atoms with E-state index in [0.29, 0.717) is 29.1 Å². The van der Waals surface area contributed by atoms with Crippen LogP contribution in [-0.2, 0) is 19.1 Å². The van der Waals surface area contributed by atoms with Crippen molar-refractivity contribution in [1.82, 2.24) is 20.1 Å². The third-order valence-corrected chi connectivity index (χ3v) is 9.61. The minimum atomic E-state index is -0.696. The van der Waals surface area contributed by atoms with Crippen molar-refractivity contribution in [1.29, 1.82) is 0 Å². The smallest absolute Gasteiger partial charge is 0.303 e. The van der Waals surface area contributed by atoms with Crippen LogP contribution >= 0.6 is 11.3 Å². The van der Waals surface area contributed by atoms with Crippen molar-refractivity contribution in [2.24, 2.45) is 23.2 Å². The molecule has 1 aromatic heterocycles. The molecule has 0 saturated heterocycles. The molecule has 0 radical (unpaired) electrons. The molecule has 40 heavy (non-hydrogen) atoms. The highest BCUT2D eigenvalue weighted by Crippen LogP contribution is 2.66. The Morgan fingerprint density at radius 2 is 1.75 bits per heavy atom. The lowest BCUT2D eigenvalue weighted by atomic mass is 9.40. The van der Waals surface area contributed by atoms with Crippen molar-refractivity contribution >= 4 is 34.9 Å². The van der Waals surface area contributed by atoms with Crippen LogP contribution in [0.5, 0.6) is 0 Å². The van der Waals surface area contributed by atoms with Gasteiger partial charge in [0.1, 0.15) is 16.5 Å². The van der Waals surface area contributed by atoms with Crippen molar-refractivity contribution in [3.63, 3.8) is 0 Å². The van der Waals surface area contributed by atoms with Crippen LogP contribution in [0.4, 0.5) is 0 Å². The predicted octanol–water partition coefficient (Wildman–Crippen LogP) is 4.48. The third kappa shape index (κ3) is 7.49. The molecule has 1 heterocycles. The van der Waals surface area contributed by atoms with Crippen molar-refractivity contribution in [2.75, 3.05) is 27.7 Å². The zero-order valence-corrected chi connectivity index (χ0v) is 26.5. The van der Waals surface area contributed by atoms with E-state index in [1.165, 1.54) is 18.3 Å². The van der Waals surface area contributed by atoms with Gasteiger partial charge >= 0.3 is 5.97 Å². The standard InChI is InChI=1S/C30H48N4O5S/c1-10-19(4)22(11-21(36)13-33(7)8)28(38)34(9)24(18(2)3)12-25(39-20(5)35)27-31-23(14-40-27)26(37)32-30-15-29(6,16-30)17-30/h14,18-19,22,24-25H,10-13,15-17H2,1-9H3,(H,32,37)/t19-,22-,24+,25+,29?,30?/m0/s1. The monoisotopic (exact) mass is 576 g/mol. The number of Topliss-reactive ketones (excluding diaryl/α,β-unsaturated/α-hetero) is 1. The van der Waals surface area contributed by atoms with E-state index in [1.54, 1.807) is 17.3 Å². The summed E-state index contributed by atoms with van der Waals surface area (Å²) in [5.41, 5.74) is 0.620. The van der Waals surface area contributed by atoms with E-state index < -0.39 is 18.0 Å². The van der Waals surface area contributed by atoms with E-state index in [1.807, 2.05) is 46.7 Å². The molecule has 0 spiro atoms. The molecule has 2 bridgehead atoms. The van der Waals surface area contributed by atoms with Crippen LogP contribution in [0.2, 0.25) is 0 Å². The number of amides is 2. The second kappa shape index (κ2) is 12.7. The number of hydrogen-bond donors (Lipinski definition) is 1. The first-order chi connectivity index (χ1) is 18.6. The van der Waals surface area contributed by atoms with Crippen molar-refractivity contribution in [3.05, 3.63) is 16.1 Å². The lowest BCUT2D eigenvalue weighted by molar-refractivity contribution is -0.149. The molecule has 4 rings (SSSR count). The lowest BCUT2D eigenvalue weighted by Gasteiger charge is -2.69. The van der Waals surface area contributed by atoms with Gasteiger partial charge in [-0.2, -0.15) is 0 Å². The highest BCUT2D eigenvalue weighted by molar-refractivity contribution is 7.09. The number of aromatic nitrogens is 1. The number of thiazole rings is 1. The van der Waals surface area contributed by atoms with Crippen molar-refractivity contribution < 1.29 is 23.9 Å². The zero-order chi connectivity index (χ0) is 30.0. The maximum Gasteiger partial charge on any atom is 0.303 e. The average Bonchev–Trinajstić information content (AvgIpc) is 3.31. The van der Waals surface area contributed by atoms with Crippen molar-refractivity contribution in [2.45, 2.75) is 97.8 Å². The molecule has 3 fully saturated rings. The van der Waals surface area contributed by atoms with Crippen LogP contribution in [0.15, 0.2) is 5.38 Å². The van der Waals surface area contributed by atoms with Crippen LogP contribution in [0.1, 0.15) is 102 Å². The Morgan fingerprint density at radius 1 is 1.12 bits per heavy atom. The number of ether oxygens (including phenoxy) is 1. The van der Waals surface area contributed by atoms with Gasteiger partial charge in [-0.1, -0.05) is 41.0 Å². The molecule has 3 aliphatic carbocycles. The van der Waals surface area contributed by atoms with Crippen LogP contribution < -0.4 is 5.32 Å². The van der Waals surface area contributed by atoms with Gasteiger partial charge in [0.15, 0.2) is 6.10 Å². The lowest BCUT2D eigenvalue weighted by Crippen LogP contribution is -2.73. The van der Waals surface area contributed by atoms with E-state index in [9.17, 15) is 19.2 Å². The molecule has 9 nitrogen and oxygen atoms in total. The van der Waals surface area contributed by atoms with Gasteiger partial charge in [-0.3, -0.25) is 19.2 Å². The maximum atomic E-state index is 13.8. The summed E-state index contributed by atoms with van der Waals surface area (Å²) in [7, 11) is 5.46. The third-order valence-electron chi connectivity index (χ3n) is 8.67. The molecular weight excluding hydrogens is 528 g/mol. The Balaban J connectivity index is 1.76. The molecule has 1 aromatic rings. The van der Waals surface area contributed by atoms with Gasteiger partial charge in [0.05, 0.1) is 6.54 Å². The number of carbonyl (C=O) groups is 4. The molecular formula is C30H48N4O5S. The molecule has 10 heteroatoms. The first-order valence-electron chi connectivity index (χ1n) is 14.5. The first kappa shape index (κ1) is 32.2. The molecule has 1 N–H and O–H groups in total. The molecule has 0 aromatic carbocycles. The molecule has 224 valence electrons. The minimum Gasteiger partial charge on any atom is -0.455 e. The second-order valence-corrected chi connectivity index (χ2v) is 14.1. The second-order valence-electron chi connectivity index (χ2n) is 13.2. The first-order valence-corrected chi connectivity index (χ1v) is 15.3. The fourth-order valence-electron chi connectivity index (χ4n) is 6.67. The van der Waals surface area contributed by atoms with Gasteiger partial charge in [-0.25, -0.2) is 4.98 Å². The minimum absolute atomic E-state index is 0.0393. The van der Waals surface area contributed by atoms with Gasteiger partial charge in [-0.05, 0) is 50.6 Å². The normalized spacial score (nSPS) is 24.4. The number of ketones is 1. The van der Waals surface area contributed by atoms with Crippen molar-refractivity contribution in [3.8, 4) is 0 Å². The van der Waals surface area contributed by atoms with Gasteiger partial charge in [0, 0.05) is 49.7 Å². The number of esters is 1. The maximum absolute atomic E-state index is 13.8. The van der Waals surface area contributed by atoms with Crippen LogP contribution in [0, 0.1) is 23.2 Å². The SMILES string of the molecule is CC[C@H](C)[C@H](CC(=O)CN(C)C)C(=O)N(C)[C@H](C[C@@H](OC(C)=O)c1nc(C(=O)NC23CC(C)(C2)C3)cs1)C(C)C. The Labute approximate surface area is 243 Å².